The lowest BCUT2D eigenvalue weighted by atomic mass is 9.93. The molecule has 6 rings (SSSR count). The zero-order valence-electron chi connectivity index (χ0n) is 23.7. The van der Waals surface area contributed by atoms with Crippen LogP contribution in [0.25, 0.3) is 20.8 Å². The number of carbonyl (C=O) groups is 2. The summed E-state index contributed by atoms with van der Waals surface area (Å²) in [4.78, 5) is 34.9. The third-order valence-corrected chi connectivity index (χ3v) is 9.29. The van der Waals surface area contributed by atoms with Gasteiger partial charge < -0.3 is 15.1 Å². The van der Waals surface area contributed by atoms with Crippen LogP contribution in [0.1, 0.15) is 79.0 Å². The first-order valence-electron chi connectivity index (χ1n) is 14.6. The van der Waals surface area contributed by atoms with Crippen molar-refractivity contribution in [3.63, 3.8) is 0 Å². The summed E-state index contributed by atoms with van der Waals surface area (Å²) in [6, 6.07) is 16.8. The molecule has 1 N–H and O–H groups in total. The summed E-state index contributed by atoms with van der Waals surface area (Å²) in [5.41, 5.74) is 5.93. The molecule has 1 atom stereocenters. The number of fused-ring (bicyclic) bond motifs is 2. The molecule has 1 saturated carbocycles. The smallest absolute Gasteiger partial charge is 0.321 e. The summed E-state index contributed by atoms with van der Waals surface area (Å²) in [6.45, 7) is 7.95. The third-order valence-electron chi connectivity index (χ3n) is 8.26. The fourth-order valence-corrected chi connectivity index (χ4v) is 6.92. The maximum absolute atomic E-state index is 15.4. The van der Waals surface area contributed by atoms with Gasteiger partial charge in [0.2, 0.25) is 0 Å². The summed E-state index contributed by atoms with van der Waals surface area (Å²) < 4.78 is 16.3. The van der Waals surface area contributed by atoms with Gasteiger partial charge >= 0.3 is 6.03 Å². The molecule has 0 saturated heterocycles. The van der Waals surface area contributed by atoms with Crippen molar-refractivity contribution in [3.8, 4) is 10.6 Å². The summed E-state index contributed by atoms with van der Waals surface area (Å²) in [7, 11) is 0. The number of halogens is 1. The number of nitrogens with one attached hydrogen (secondary N) is 1. The molecule has 4 aromatic rings. The topological polar surface area (TPSA) is 65.5 Å². The van der Waals surface area contributed by atoms with Gasteiger partial charge in [-0.1, -0.05) is 31.2 Å². The van der Waals surface area contributed by atoms with Gasteiger partial charge in [0.1, 0.15) is 10.8 Å². The zero-order chi connectivity index (χ0) is 28.7. The normalized spacial score (nSPS) is 16.5. The Morgan fingerprint density at radius 2 is 1.90 bits per heavy atom. The highest BCUT2D eigenvalue weighted by atomic mass is 32.1. The molecule has 0 spiro atoms. The second-order valence-corrected chi connectivity index (χ2v) is 12.1. The van der Waals surface area contributed by atoms with E-state index in [4.69, 9.17) is 4.98 Å². The van der Waals surface area contributed by atoms with Gasteiger partial charge in [0, 0.05) is 36.4 Å². The minimum Gasteiger partial charge on any atom is -0.332 e. The number of anilines is 1. The predicted molar refractivity (Wildman–Crippen MR) is 163 cm³/mol. The van der Waals surface area contributed by atoms with Crippen molar-refractivity contribution in [2.45, 2.75) is 58.4 Å². The highest BCUT2D eigenvalue weighted by molar-refractivity contribution is 7.21. The first-order chi connectivity index (χ1) is 19.9. The molecule has 0 bridgehead atoms. The van der Waals surface area contributed by atoms with Crippen LogP contribution in [-0.4, -0.2) is 46.4 Å². The number of nitrogens with zero attached hydrogens (tertiary/aromatic N) is 3. The number of rotatable bonds is 7. The van der Waals surface area contributed by atoms with E-state index in [-0.39, 0.29) is 18.0 Å². The quantitative estimate of drug-likeness (QED) is 0.245. The molecule has 212 valence electrons. The number of hydrogen-bond acceptors (Lipinski definition) is 4. The molecule has 1 aromatic heterocycles. The van der Waals surface area contributed by atoms with Gasteiger partial charge in [-0.05, 0) is 92.5 Å². The maximum atomic E-state index is 15.4. The number of hydrogen-bond donors (Lipinski definition) is 1. The van der Waals surface area contributed by atoms with Crippen molar-refractivity contribution < 1.29 is 14.0 Å². The van der Waals surface area contributed by atoms with Crippen LogP contribution in [0.5, 0.6) is 0 Å². The number of aromatic nitrogens is 1. The van der Waals surface area contributed by atoms with Crippen LogP contribution in [0.15, 0.2) is 54.6 Å². The molecule has 2 aliphatic rings. The number of carbonyl (C=O) groups excluding carboxylic acids is 2. The molecule has 1 fully saturated rings. The zero-order valence-corrected chi connectivity index (χ0v) is 24.6. The highest BCUT2D eigenvalue weighted by Gasteiger charge is 2.32. The Kier molecular flexibility index (Phi) is 7.51. The fraction of sp³-hybridized carbons (Fsp3) is 0.364. The third kappa shape index (κ3) is 5.33. The van der Waals surface area contributed by atoms with Gasteiger partial charge in [-0.2, -0.15) is 0 Å². The van der Waals surface area contributed by atoms with Gasteiger partial charge in [-0.25, -0.2) is 14.2 Å². The second-order valence-electron chi connectivity index (χ2n) is 11.0. The average Bonchev–Trinajstić information content (AvgIpc) is 3.73. The van der Waals surface area contributed by atoms with E-state index in [0.29, 0.717) is 47.4 Å². The highest BCUT2D eigenvalue weighted by Crippen LogP contribution is 2.46. The molecule has 3 aromatic carbocycles. The van der Waals surface area contributed by atoms with Crippen LogP contribution in [0.2, 0.25) is 0 Å². The second kappa shape index (κ2) is 11.2. The van der Waals surface area contributed by atoms with Gasteiger partial charge in [0.05, 0.1) is 16.3 Å². The van der Waals surface area contributed by atoms with E-state index >= 15 is 4.39 Å². The lowest BCUT2D eigenvalue weighted by molar-refractivity contribution is 0.0677. The maximum Gasteiger partial charge on any atom is 0.321 e. The number of amides is 3. The molecule has 3 amide bonds. The Bertz CT molecular complexity index is 1630. The molecule has 41 heavy (non-hydrogen) atoms. The van der Waals surface area contributed by atoms with Crippen molar-refractivity contribution >= 4 is 39.2 Å². The van der Waals surface area contributed by atoms with Crippen LogP contribution < -0.4 is 5.32 Å². The van der Waals surface area contributed by atoms with Crippen LogP contribution in [0, 0.1) is 5.82 Å². The molecule has 0 unspecified atom stereocenters. The lowest BCUT2D eigenvalue weighted by Crippen LogP contribution is -2.38. The SMILES string of the molecule is CCCN(CC)C(=O)Nc1ccc(-c2nc3c(C4CC4)cc(C(=O)N4CCc5ccccc5[C@H]4C)cc3s2)c(F)c1. The summed E-state index contributed by atoms with van der Waals surface area (Å²) >= 11 is 1.41. The predicted octanol–water partition coefficient (Wildman–Crippen LogP) is 8.00. The Balaban J connectivity index is 1.30. The van der Waals surface area contributed by atoms with E-state index in [0.717, 1.165) is 41.5 Å². The minimum atomic E-state index is -0.439. The Hall–Kier alpha value is -3.78. The van der Waals surface area contributed by atoms with Crippen LogP contribution >= 0.6 is 11.3 Å². The fourth-order valence-electron chi connectivity index (χ4n) is 5.86. The van der Waals surface area contributed by atoms with Crippen molar-refractivity contribution in [3.05, 3.63) is 82.7 Å². The molecule has 6 nitrogen and oxygen atoms in total. The molecule has 8 heteroatoms. The summed E-state index contributed by atoms with van der Waals surface area (Å²) in [6.07, 6.45) is 3.85. The van der Waals surface area contributed by atoms with Crippen molar-refractivity contribution in [2.75, 3.05) is 25.0 Å². The van der Waals surface area contributed by atoms with E-state index in [1.165, 1.54) is 28.5 Å². The molecular formula is C33H35FN4O2S. The van der Waals surface area contributed by atoms with Crippen molar-refractivity contribution in [1.82, 2.24) is 14.8 Å². The van der Waals surface area contributed by atoms with Crippen LogP contribution in [0.3, 0.4) is 0 Å². The van der Waals surface area contributed by atoms with E-state index < -0.39 is 5.82 Å². The summed E-state index contributed by atoms with van der Waals surface area (Å²) in [5.74, 6) is -0.0292. The molecular weight excluding hydrogens is 535 g/mol. The van der Waals surface area contributed by atoms with Crippen LogP contribution in [-0.2, 0) is 6.42 Å². The van der Waals surface area contributed by atoms with Crippen molar-refractivity contribution in [1.29, 1.82) is 0 Å². The lowest BCUT2D eigenvalue weighted by Gasteiger charge is -2.35. The Morgan fingerprint density at radius 3 is 2.63 bits per heavy atom. The Labute approximate surface area is 244 Å². The number of urea groups is 1. The van der Waals surface area contributed by atoms with Gasteiger partial charge in [0.25, 0.3) is 5.91 Å². The molecule has 0 radical (unpaired) electrons. The van der Waals surface area contributed by atoms with Crippen LogP contribution in [0.4, 0.5) is 14.9 Å². The number of benzene rings is 3. The summed E-state index contributed by atoms with van der Waals surface area (Å²) in [5, 5.41) is 3.38. The monoisotopic (exact) mass is 570 g/mol. The van der Waals surface area contributed by atoms with E-state index in [1.807, 2.05) is 36.9 Å². The molecule has 1 aliphatic heterocycles. The van der Waals surface area contributed by atoms with E-state index in [9.17, 15) is 9.59 Å². The van der Waals surface area contributed by atoms with Gasteiger partial charge in [-0.3, -0.25) is 4.79 Å². The first-order valence-corrected chi connectivity index (χ1v) is 15.4. The van der Waals surface area contributed by atoms with E-state index in [1.54, 1.807) is 17.0 Å². The molecule has 1 aliphatic carbocycles. The Morgan fingerprint density at radius 1 is 1.10 bits per heavy atom. The van der Waals surface area contributed by atoms with Crippen molar-refractivity contribution in [2.24, 2.45) is 0 Å². The average molecular weight is 571 g/mol. The molecule has 2 heterocycles. The first kappa shape index (κ1) is 27.4. The van der Waals surface area contributed by atoms with E-state index in [2.05, 4.69) is 30.4 Å². The minimum absolute atomic E-state index is 0.00373. The largest absolute Gasteiger partial charge is 0.332 e. The van der Waals surface area contributed by atoms with Gasteiger partial charge in [-0.15, -0.1) is 11.3 Å². The van der Waals surface area contributed by atoms with Gasteiger partial charge in [0.15, 0.2) is 0 Å². The number of thiazole rings is 1. The standard InChI is InChI=1S/C33H35FN4O2S/c1-4-15-37(5-2)33(40)35-24-12-13-26(28(34)19-24)31-36-30-27(22-10-11-22)17-23(18-29(30)41-31)32(39)38-16-14-21-8-6-7-9-25(21)20(38)3/h6-9,12-13,17-20,22H,4-5,10-11,14-16H2,1-3H3,(H,35,40)/t20-/m1/s1.